The van der Waals surface area contributed by atoms with Crippen LogP contribution in [0.25, 0.3) is 28.4 Å². The lowest BCUT2D eigenvalue weighted by atomic mass is 10.3. The lowest BCUT2D eigenvalue weighted by Gasteiger charge is -2.06. The van der Waals surface area contributed by atoms with E-state index < -0.39 is 0 Å². The molecule has 0 radical (unpaired) electrons. The maximum Gasteiger partial charge on any atom is 0.176 e. The monoisotopic (exact) mass is 264 g/mol. The second-order valence-electron chi connectivity index (χ2n) is 4.57. The fourth-order valence-corrected chi connectivity index (χ4v) is 2.33. The molecular weight excluding hydrogens is 252 g/mol. The normalized spacial score (nSPS) is 11.2. The summed E-state index contributed by atoms with van der Waals surface area (Å²) in [7, 11) is 1.88. The lowest BCUT2D eigenvalue weighted by Crippen LogP contribution is -1.97. The summed E-state index contributed by atoms with van der Waals surface area (Å²) in [6.45, 7) is 0. The van der Waals surface area contributed by atoms with Crippen molar-refractivity contribution in [1.29, 1.82) is 0 Å². The van der Waals surface area contributed by atoms with Gasteiger partial charge < -0.3 is 9.55 Å². The highest BCUT2D eigenvalue weighted by Gasteiger charge is 2.12. The van der Waals surface area contributed by atoms with Gasteiger partial charge in [-0.05, 0) is 24.3 Å². The minimum absolute atomic E-state index is 0.821. The van der Waals surface area contributed by atoms with Crippen molar-refractivity contribution in [3.8, 4) is 17.2 Å². The SMILES string of the molecule is Cn1ncc2[nH]c(-c3cccn3-c3cccnc3)nc21. The van der Waals surface area contributed by atoms with Crippen LogP contribution in [-0.4, -0.2) is 29.3 Å². The van der Waals surface area contributed by atoms with E-state index in [0.29, 0.717) is 0 Å². The number of imidazole rings is 1. The van der Waals surface area contributed by atoms with E-state index in [1.165, 1.54) is 0 Å². The Bertz CT molecular complexity index is 867. The predicted octanol–water partition coefficient (Wildman–Crippen LogP) is 2.15. The number of hydrogen-bond acceptors (Lipinski definition) is 3. The molecule has 4 aromatic rings. The van der Waals surface area contributed by atoms with Gasteiger partial charge in [-0.3, -0.25) is 4.98 Å². The number of aromatic amines is 1. The van der Waals surface area contributed by atoms with E-state index in [0.717, 1.165) is 28.4 Å². The summed E-state index contributed by atoms with van der Waals surface area (Å²) in [5.74, 6) is 0.821. The Morgan fingerprint density at radius 2 is 2.10 bits per heavy atom. The smallest absolute Gasteiger partial charge is 0.176 e. The van der Waals surface area contributed by atoms with Gasteiger partial charge >= 0.3 is 0 Å². The zero-order valence-electron chi connectivity index (χ0n) is 10.9. The standard InChI is InChI=1S/C14H12N6/c1-19-14-11(9-16-19)17-13(18-14)12-5-3-7-20(12)10-4-2-6-15-8-10/h2-9H,1H3,(H,17,18). The highest BCUT2D eigenvalue weighted by atomic mass is 15.3. The Kier molecular flexibility index (Phi) is 2.23. The number of aromatic nitrogens is 6. The molecule has 0 amide bonds. The minimum Gasteiger partial charge on any atom is -0.334 e. The van der Waals surface area contributed by atoms with Crippen LogP contribution in [0, 0.1) is 0 Å². The first-order valence-electron chi connectivity index (χ1n) is 6.29. The summed E-state index contributed by atoms with van der Waals surface area (Å²) in [5.41, 5.74) is 3.78. The minimum atomic E-state index is 0.821. The Hall–Kier alpha value is -2.89. The molecule has 0 aliphatic rings. The van der Waals surface area contributed by atoms with Crippen molar-refractivity contribution in [1.82, 2.24) is 29.3 Å². The topological polar surface area (TPSA) is 64.3 Å². The fraction of sp³-hybridized carbons (Fsp3) is 0.0714. The second-order valence-corrected chi connectivity index (χ2v) is 4.57. The Morgan fingerprint density at radius 3 is 2.90 bits per heavy atom. The van der Waals surface area contributed by atoms with E-state index in [4.69, 9.17) is 0 Å². The summed E-state index contributed by atoms with van der Waals surface area (Å²) in [6, 6.07) is 7.95. The number of H-pyrrole nitrogens is 1. The molecule has 0 saturated heterocycles. The molecule has 0 unspecified atom stereocenters. The van der Waals surface area contributed by atoms with Gasteiger partial charge in [0, 0.05) is 19.4 Å². The third kappa shape index (κ3) is 1.55. The summed E-state index contributed by atoms with van der Waals surface area (Å²) < 4.78 is 3.81. The average molecular weight is 264 g/mol. The molecule has 4 aromatic heterocycles. The van der Waals surface area contributed by atoms with Gasteiger partial charge in [0.15, 0.2) is 11.5 Å². The third-order valence-electron chi connectivity index (χ3n) is 3.29. The number of hydrogen-bond donors (Lipinski definition) is 1. The predicted molar refractivity (Wildman–Crippen MR) is 75.4 cm³/mol. The van der Waals surface area contributed by atoms with Gasteiger partial charge in [0.2, 0.25) is 0 Å². The van der Waals surface area contributed by atoms with Gasteiger partial charge in [0.05, 0.1) is 23.8 Å². The third-order valence-corrected chi connectivity index (χ3v) is 3.29. The van der Waals surface area contributed by atoms with Crippen molar-refractivity contribution in [3.63, 3.8) is 0 Å². The van der Waals surface area contributed by atoms with Gasteiger partial charge in [0.1, 0.15) is 5.52 Å². The summed E-state index contributed by atoms with van der Waals surface area (Å²) in [4.78, 5) is 12.1. The molecule has 6 nitrogen and oxygen atoms in total. The molecule has 98 valence electrons. The van der Waals surface area contributed by atoms with Gasteiger partial charge in [-0.15, -0.1) is 0 Å². The molecule has 20 heavy (non-hydrogen) atoms. The van der Waals surface area contributed by atoms with Crippen LogP contribution >= 0.6 is 0 Å². The van der Waals surface area contributed by atoms with Gasteiger partial charge in [-0.2, -0.15) is 5.10 Å². The second kappa shape index (κ2) is 4.06. The summed E-state index contributed by atoms with van der Waals surface area (Å²) >= 11 is 0. The van der Waals surface area contributed by atoms with Crippen LogP contribution in [0.4, 0.5) is 0 Å². The van der Waals surface area contributed by atoms with E-state index in [9.17, 15) is 0 Å². The van der Waals surface area contributed by atoms with E-state index in [1.54, 1.807) is 17.1 Å². The number of nitrogens with one attached hydrogen (secondary N) is 1. The van der Waals surface area contributed by atoms with Crippen LogP contribution in [0.3, 0.4) is 0 Å². The van der Waals surface area contributed by atoms with Gasteiger partial charge in [-0.25, -0.2) is 9.67 Å². The van der Waals surface area contributed by atoms with Crippen LogP contribution in [0.2, 0.25) is 0 Å². The zero-order chi connectivity index (χ0) is 13.5. The largest absolute Gasteiger partial charge is 0.334 e. The van der Waals surface area contributed by atoms with Crippen LogP contribution in [0.15, 0.2) is 49.1 Å². The summed E-state index contributed by atoms with van der Waals surface area (Å²) in [6.07, 6.45) is 7.37. The van der Waals surface area contributed by atoms with Crippen molar-refractivity contribution in [3.05, 3.63) is 49.1 Å². The first kappa shape index (κ1) is 11.0. The van der Waals surface area contributed by atoms with E-state index in [1.807, 2.05) is 43.7 Å². The maximum atomic E-state index is 4.60. The van der Waals surface area contributed by atoms with E-state index >= 15 is 0 Å². The first-order valence-corrected chi connectivity index (χ1v) is 6.29. The fourth-order valence-electron chi connectivity index (χ4n) is 2.33. The molecule has 1 N–H and O–H groups in total. The molecular formula is C14H12N6. The number of nitrogens with zero attached hydrogens (tertiary/aromatic N) is 5. The van der Waals surface area contributed by atoms with E-state index in [-0.39, 0.29) is 0 Å². The Morgan fingerprint density at radius 1 is 1.15 bits per heavy atom. The first-order chi connectivity index (χ1) is 9.83. The van der Waals surface area contributed by atoms with Crippen LogP contribution in [0.1, 0.15) is 0 Å². The van der Waals surface area contributed by atoms with Crippen molar-refractivity contribution in [2.75, 3.05) is 0 Å². The molecule has 6 heteroatoms. The highest BCUT2D eigenvalue weighted by Crippen LogP contribution is 2.23. The van der Waals surface area contributed by atoms with Crippen LogP contribution in [-0.2, 0) is 7.05 Å². The Balaban J connectivity index is 1.89. The van der Waals surface area contributed by atoms with E-state index in [2.05, 4.69) is 24.6 Å². The molecule has 0 fully saturated rings. The zero-order valence-corrected chi connectivity index (χ0v) is 10.9. The number of aryl methyl sites for hydroxylation is 1. The molecule has 4 heterocycles. The Labute approximate surface area is 114 Å². The highest BCUT2D eigenvalue weighted by molar-refractivity contribution is 5.75. The molecule has 4 rings (SSSR count). The average Bonchev–Trinajstić information content (AvgIpc) is 3.17. The maximum absolute atomic E-state index is 4.60. The summed E-state index contributed by atoms with van der Waals surface area (Å²) in [5, 5.41) is 4.16. The lowest BCUT2D eigenvalue weighted by molar-refractivity contribution is 0.786. The van der Waals surface area contributed by atoms with Crippen molar-refractivity contribution in [2.45, 2.75) is 0 Å². The molecule has 0 atom stereocenters. The number of rotatable bonds is 2. The molecule has 0 spiro atoms. The van der Waals surface area contributed by atoms with Crippen molar-refractivity contribution >= 4 is 11.2 Å². The van der Waals surface area contributed by atoms with Crippen LogP contribution in [0.5, 0.6) is 0 Å². The molecule has 0 aromatic carbocycles. The van der Waals surface area contributed by atoms with Gasteiger partial charge in [0.25, 0.3) is 0 Å². The molecule has 0 saturated carbocycles. The van der Waals surface area contributed by atoms with Crippen molar-refractivity contribution in [2.24, 2.45) is 7.05 Å². The van der Waals surface area contributed by atoms with Gasteiger partial charge in [-0.1, -0.05) is 0 Å². The van der Waals surface area contributed by atoms with Crippen LogP contribution < -0.4 is 0 Å². The quantitative estimate of drug-likeness (QED) is 0.603. The van der Waals surface area contributed by atoms with Crippen molar-refractivity contribution < 1.29 is 0 Å². The molecule has 0 bridgehead atoms. The molecule has 0 aliphatic carbocycles. The number of fused-ring (bicyclic) bond motifs is 1. The molecule has 0 aliphatic heterocycles. The number of pyridine rings is 1.